The largest absolute Gasteiger partial charge is 0.481 e. The highest BCUT2D eigenvalue weighted by Gasteiger charge is 2.47. The molecule has 0 aromatic heterocycles. The third kappa shape index (κ3) is 3.65. The molecule has 1 aliphatic rings. The van der Waals surface area contributed by atoms with Crippen LogP contribution >= 0.6 is 11.6 Å². The van der Waals surface area contributed by atoms with E-state index in [1.165, 1.54) is 0 Å². The van der Waals surface area contributed by atoms with E-state index in [2.05, 4.69) is 5.43 Å². The monoisotopic (exact) mass is 354 g/mol. The summed E-state index contributed by atoms with van der Waals surface area (Å²) in [4.78, 5) is 23.7. The minimum atomic E-state index is -0.944. The number of hydrazine groups is 1. The second-order valence-electron chi connectivity index (χ2n) is 6.92. The fourth-order valence-corrected chi connectivity index (χ4v) is 3.35. The zero-order valence-electron chi connectivity index (χ0n) is 14.4. The van der Waals surface area contributed by atoms with Gasteiger partial charge >= 0.3 is 12.1 Å². The van der Waals surface area contributed by atoms with Crippen molar-refractivity contribution >= 4 is 23.7 Å². The number of hydrogen-bond acceptors (Lipinski definition) is 4. The van der Waals surface area contributed by atoms with E-state index in [1.54, 1.807) is 37.9 Å². The summed E-state index contributed by atoms with van der Waals surface area (Å²) in [5.74, 6) is -0.944. The molecule has 1 aromatic rings. The van der Waals surface area contributed by atoms with Crippen molar-refractivity contribution in [1.82, 2.24) is 10.4 Å². The maximum absolute atomic E-state index is 12.2. The molecule has 0 aliphatic carbocycles. The summed E-state index contributed by atoms with van der Waals surface area (Å²) in [6.45, 7) is 7.53. The van der Waals surface area contributed by atoms with E-state index in [4.69, 9.17) is 16.3 Å². The molecule has 1 aliphatic heterocycles. The molecule has 0 radical (unpaired) electrons. The molecule has 24 heavy (non-hydrogen) atoms. The molecule has 0 fully saturated rings. The predicted molar refractivity (Wildman–Crippen MR) is 90.6 cm³/mol. The number of amides is 1. The van der Waals surface area contributed by atoms with Crippen molar-refractivity contribution in [2.24, 2.45) is 0 Å². The number of nitrogens with one attached hydrogen (secondary N) is 1. The number of rotatable bonds is 4. The van der Waals surface area contributed by atoms with Crippen LogP contribution in [-0.4, -0.2) is 27.8 Å². The fraction of sp³-hybridized carbons (Fsp3) is 0.529. The SMILES string of the molecule is CCC1(CC(=O)O)c2cccc(Cl)c2CN1NC(=O)OC(C)(C)C. The highest BCUT2D eigenvalue weighted by molar-refractivity contribution is 6.31. The minimum Gasteiger partial charge on any atom is -0.481 e. The first-order valence-corrected chi connectivity index (χ1v) is 8.24. The van der Waals surface area contributed by atoms with E-state index in [1.807, 2.05) is 13.0 Å². The molecular weight excluding hydrogens is 332 g/mol. The molecule has 2 rings (SSSR count). The molecule has 0 bridgehead atoms. The van der Waals surface area contributed by atoms with Crippen LogP contribution in [0.15, 0.2) is 18.2 Å². The van der Waals surface area contributed by atoms with Crippen molar-refractivity contribution < 1.29 is 19.4 Å². The van der Waals surface area contributed by atoms with Crippen LogP contribution in [0.25, 0.3) is 0 Å². The fourth-order valence-electron chi connectivity index (χ4n) is 3.11. The third-order valence-corrected chi connectivity index (χ3v) is 4.46. The topological polar surface area (TPSA) is 78.9 Å². The normalized spacial score (nSPS) is 20.5. The van der Waals surface area contributed by atoms with Crippen LogP contribution in [0.4, 0.5) is 4.79 Å². The summed E-state index contributed by atoms with van der Waals surface area (Å²) >= 11 is 6.28. The molecule has 1 unspecified atom stereocenters. The summed E-state index contributed by atoms with van der Waals surface area (Å²) in [6.07, 6.45) is -0.260. The van der Waals surface area contributed by atoms with Crippen molar-refractivity contribution in [3.05, 3.63) is 34.3 Å². The summed E-state index contributed by atoms with van der Waals surface area (Å²) < 4.78 is 5.30. The quantitative estimate of drug-likeness (QED) is 0.862. The minimum absolute atomic E-state index is 0.146. The summed E-state index contributed by atoms with van der Waals surface area (Å²) in [6, 6.07) is 5.42. The lowest BCUT2D eigenvalue weighted by Gasteiger charge is -2.37. The van der Waals surface area contributed by atoms with Gasteiger partial charge in [-0.15, -0.1) is 0 Å². The Morgan fingerprint density at radius 1 is 1.42 bits per heavy atom. The Kier molecular flexibility index (Phi) is 5.11. The van der Waals surface area contributed by atoms with Gasteiger partial charge in [0, 0.05) is 11.6 Å². The Morgan fingerprint density at radius 3 is 2.62 bits per heavy atom. The van der Waals surface area contributed by atoms with Gasteiger partial charge in [-0.3, -0.25) is 10.2 Å². The maximum atomic E-state index is 12.2. The van der Waals surface area contributed by atoms with Crippen molar-refractivity contribution in [2.75, 3.05) is 0 Å². The van der Waals surface area contributed by atoms with Crippen LogP contribution in [0.3, 0.4) is 0 Å². The number of benzene rings is 1. The van der Waals surface area contributed by atoms with Crippen molar-refractivity contribution in [1.29, 1.82) is 0 Å². The lowest BCUT2D eigenvalue weighted by molar-refractivity contribution is -0.141. The van der Waals surface area contributed by atoms with E-state index in [-0.39, 0.29) is 6.42 Å². The molecular formula is C17H23ClN2O4. The Balaban J connectivity index is 2.38. The van der Waals surface area contributed by atoms with E-state index in [0.29, 0.717) is 18.0 Å². The molecule has 7 heteroatoms. The lowest BCUT2D eigenvalue weighted by atomic mass is 9.84. The predicted octanol–water partition coefficient (Wildman–Crippen LogP) is 3.68. The van der Waals surface area contributed by atoms with Gasteiger partial charge in [-0.25, -0.2) is 9.80 Å². The molecule has 1 aromatic carbocycles. The van der Waals surface area contributed by atoms with Crippen LogP contribution in [-0.2, 0) is 21.6 Å². The number of nitrogens with zero attached hydrogens (tertiary/aromatic N) is 1. The first kappa shape index (κ1) is 18.5. The summed E-state index contributed by atoms with van der Waals surface area (Å²) in [5, 5.41) is 11.6. The van der Waals surface area contributed by atoms with Gasteiger partial charge in [0.2, 0.25) is 0 Å². The Bertz CT molecular complexity index is 656. The number of aliphatic carboxylic acids is 1. The number of carboxylic acids is 1. The number of ether oxygens (including phenoxy) is 1. The first-order valence-electron chi connectivity index (χ1n) is 7.86. The van der Waals surface area contributed by atoms with Crippen molar-refractivity contribution in [3.63, 3.8) is 0 Å². The molecule has 1 heterocycles. The highest BCUT2D eigenvalue weighted by Crippen LogP contribution is 2.45. The number of carbonyl (C=O) groups is 2. The van der Waals surface area contributed by atoms with E-state index >= 15 is 0 Å². The Hall–Kier alpha value is -1.79. The molecule has 6 nitrogen and oxygen atoms in total. The summed E-state index contributed by atoms with van der Waals surface area (Å²) in [7, 11) is 0. The number of carboxylic acid groups (broad SMARTS) is 1. The van der Waals surface area contributed by atoms with Gasteiger partial charge in [0.15, 0.2) is 0 Å². The van der Waals surface area contributed by atoms with Gasteiger partial charge in [-0.1, -0.05) is 30.7 Å². The van der Waals surface area contributed by atoms with Gasteiger partial charge in [0.1, 0.15) is 5.60 Å². The van der Waals surface area contributed by atoms with Crippen molar-refractivity contribution in [2.45, 2.75) is 58.2 Å². The smallest absolute Gasteiger partial charge is 0.422 e. The van der Waals surface area contributed by atoms with Gasteiger partial charge in [0.05, 0.1) is 12.0 Å². The van der Waals surface area contributed by atoms with Gasteiger partial charge in [0.25, 0.3) is 0 Å². The van der Waals surface area contributed by atoms with Gasteiger partial charge in [-0.2, -0.15) is 0 Å². The van der Waals surface area contributed by atoms with Crippen LogP contribution in [0.1, 0.15) is 51.7 Å². The third-order valence-electron chi connectivity index (χ3n) is 4.11. The number of fused-ring (bicyclic) bond motifs is 1. The lowest BCUT2D eigenvalue weighted by Crippen LogP contribution is -2.53. The van der Waals surface area contributed by atoms with Crippen LogP contribution < -0.4 is 5.43 Å². The number of halogens is 1. The first-order chi connectivity index (χ1) is 11.1. The maximum Gasteiger partial charge on any atom is 0.422 e. The standard InChI is InChI=1S/C17H23ClN2O4/c1-5-17(9-14(21)22)12-7-6-8-13(18)11(12)10-20(17)19-15(23)24-16(2,3)4/h6-8H,5,9-10H2,1-4H3,(H,19,23)(H,21,22). The summed E-state index contributed by atoms with van der Waals surface area (Å²) in [5.41, 5.74) is 2.87. The second kappa shape index (κ2) is 6.61. The van der Waals surface area contributed by atoms with Crippen LogP contribution in [0, 0.1) is 0 Å². The zero-order valence-corrected chi connectivity index (χ0v) is 15.1. The molecule has 1 amide bonds. The molecule has 0 spiro atoms. The number of carbonyl (C=O) groups excluding carboxylic acids is 1. The number of hydrogen-bond donors (Lipinski definition) is 2. The Labute approximate surface area is 146 Å². The van der Waals surface area contributed by atoms with E-state index in [0.717, 1.165) is 11.1 Å². The average molecular weight is 355 g/mol. The van der Waals surface area contributed by atoms with E-state index in [9.17, 15) is 14.7 Å². The van der Waals surface area contributed by atoms with Gasteiger partial charge < -0.3 is 9.84 Å². The molecule has 0 saturated heterocycles. The zero-order chi connectivity index (χ0) is 18.1. The molecule has 0 saturated carbocycles. The van der Waals surface area contributed by atoms with E-state index < -0.39 is 23.2 Å². The molecule has 2 N–H and O–H groups in total. The average Bonchev–Trinajstić information content (AvgIpc) is 2.72. The van der Waals surface area contributed by atoms with Gasteiger partial charge in [-0.05, 0) is 44.4 Å². The molecule has 132 valence electrons. The molecule has 1 atom stereocenters. The highest BCUT2D eigenvalue weighted by atomic mass is 35.5. The van der Waals surface area contributed by atoms with Crippen molar-refractivity contribution in [3.8, 4) is 0 Å². The second-order valence-corrected chi connectivity index (χ2v) is 7.33. The van der Waals surface area contributed by atoms with Crippen LogP contribution in [0.5, 0.6) is 0 Å². The van der Waals surface area contributed by atoms with Crippen LogP contribution in [0.2, 0.25) is 5.02 Å². The Morgan fingerprint density at radius 2 is 2.08 bits per heavy atom.